The van der Waals surface area contributed by atoms with Gasteiger partial charge in [-0.25, -0.2) is 4.57 Å². The summed E-state index contributed by atoms with van der Waals surface area (Å²) in [6.07, 6.45) is 50.5. The van der Waals surface area contributed by atoms with Crippen LogP contribution in [0.25, 0.3) is 0 Å². The molecule has 2 unspecified atom stereocenters. The number of allylic oxidation sites excluding steroid dienone is 8. The van der Waals surface area contributed by atoms with E-state index in [9.17, 15) is 24.2 Å². The molecule has 0 bridgehead atoms. The molecular weight excluding hydrogens is 814 g/mol. The third kappa shape index (κ3) is 47.5. The van der Waals surface area contributed by atoms with Crippen molar-refractivity contribution >= 4 is 19.8 Å². The maximum absolute atomic E-state index is 12.8. The Labute approximate surface area is 386 Å². The van der Waals surface area contributed by atoms with Crippen molar-refractivity contribution in [3.05, 3.63) is 60.8 Å². The first-order valence-corrected chi connectivity index (χ1v) is 26.6. The number of hydrogen-bond donors (Lipinski definition) is 2. The van der Waals surface area contributed by atoms with E-state index in [0.717, 1.165) is 38.5 Å². The summed E-state index contributed by atoms with van der Waals surface area (Å²) in [4.78, 5) is 35.5. The Morgan fingerprint density at radius 2 is 1.08 bits per heavy atom. The van der Waals surface area contributed by atoms with Crippen LogP contribution >= 0.6 is 7.82 Å². The van der Waals surface area contributed by atoms with E-state index in [1.54, 1.807) is 0 Å². The highest BCUT2D eigenvalue weighted by Gasteiger charge is 2.27. The Balaban J connectivity index is 4.35. The minimum Gasteiger partial charge on any atom is -0.462 e. The monoisotopic (exact) mass is 909 g/mol. The number of rotatable bonds is 45. The quantitative estimate of drug-likeness (QED) is 0.0153. The summed E-state index contributed by atoms with van der Waals surface area (Å²) in [5.74, 6) is -0.886. The van der Waals surface area contributed by atoms with Gasteiger partial charge in [0.05, 0.1) is 33.9 Å². The predicted octanol–water partition coefficient (Wildman–Crippen LogP) is 13.8. The summed E-state index contributed by atoms with van der Waals surface area (Å²) in [6, 6.07) is 0. The lowest BCUT2D eigenvalue weighted by Gasteiger charge is -2.24. The van der Waals surface area contributed by atoms with Crippen molar-refractivity contribution < 1.29 is 47.2 Å². The second-order valence-corrected chi connectivity index (χ2v) is 19.5. The fraction of sp³-hybridized carbons (Fsp3) is 0.769. The van der Waals surface area contributed by atoms with Crippen LogP contribution in [0.1, 0.15) is 200 Å². The molecule has 0 saturated carbocycles. The Morgan fingerprint density at radius 1 is 0.587 bits per heavy atom. The Bertz CT molecular complexity index is 1270. The number of phosphoric acid groups is 1. The normalized spacial score (nSPS) is 14.5. The van der Waals surface area contributed by atoms with E-state index in [4.69, 9.17) is 18.5 Å². The van der Waals surface area contributed by atoms with Gasteiger partial charge in [0.2, 0.25) is 0 Å². The van der Waals surface area contributed by atoms with Gasteiger partial charge >= 0.3 is 19.8 Å². The van der Waals surface area contributed by atoms with Crippen molar-refractivity contribution in [3.8, 4) is 0 Å². The zero-order valence-corrected chi connectivity index (χ0v) is 41.8. The summed E-state index contributed by atoms with van der Waals surface area (Å²) in [6.45, 7) is 4.13. The fourth-order valence-electron chi connectivity index (χ4n) is 6.72. The Hall–Kier alpha value is -2.33. The lowest BCUT2D eigenvalue weighted by molar-refractivity contribution is -0.870. The molecule has 3 atom stereocenters. The van der Waals surface area contributed by atoms with Gasteiger partial charge in [-0.15, -0.1) is 0 Å². The molecule has 0 rings (SSSR count). The standard InChI is InChI=1S/C52H94NO9P/c1-6-8-10-11-12-13-14-15-16-17-18-19-20-21-22-23-28-31-34-37-40-44-52(56)62-50(48-61-63(57,58)60-46-45-53(3,4)5)47-59-51(55)43-39-36-33-30-27-25-24-26-29-32-35-38-42-49(54)41-9-7-2/h9,24-25,29-30,32-33,35,38,41,49-50,54H,6-8,10-23,26-28,31,34,36-37,39-40,42-48H2,1-5H3/p+1/b25-24-,32-29-,33-30-,38-35+,41-9-/t49?,50-/m1/s1. The van der Waals surface area contributed by atoms with Gasteiger partial charge in [-0.2, -0.15) is 0 Å². The average molecular weight is 909 g/mol. The zero-order valence-electron chi connectivity index (χ0n) is 40.9. The van der Waals surface area contributed by atoms with Gasteiger partial charge in [0.15, 0.2) is 6.10 Å². The molecule has 0 aromatic carbocycles. The molecule has 0 amide bonds. The molecule has 0 aliphatic rings. The van der Waals surface area contributed by atoms with Crippen molar-refractivity contribution in [2.24, 2.45) is 0 Å². The average Bonchev–Trinajstić information content (AvgIpc) is 3.23. The van der Waals surface area contributed by atoms with Crippen LogP contribution in [0.2, 0.25) is 0 Å². The largest absolute Gasteiger partial charge is 0.472 e. The van der Waals surface area contributed by atoms with Crippen molar-refractivity contribution in [2.75, 3.05) is 47.5 Å². The minimum atomic E-state index is -4.40. The molecule has 2 N–H and O–H groups in total. The predicted molar refractivity (Wildman–Crippen MR) is 262 cm³/mol. The van der Waals surface area contributed by atoms with E-state index in [2.05, 4.69) is 31.2 Å². The smallest absolute Gasteiger partial charge is 0.462 e. The highest BCUT2D eigenvalue weighted by atomic mass is 31.2. The molecule has 0 aliphatic heterocycles. The number of phosphoric ester groups is 1. The molecular formula is C52H95NO9P+. The molecule has 0 spiro atoms. The van der Waals surface area contributed by atoms with E-state index in [0.29, 0.717) is 36.7 Å². The van der Waals surface area contributed by atoms with Gasteiger partial charge in [0.1, 0.15) is 19.8 Å². The molecule has 0 heterocycles. The zero-order chi connectivity index (χ0) is 46.5. The van der Waals surface area contributed by atoms with Crippen LogP contribution in [-0.2, 0) is 32.7 Å². The van der Waals surface area contributed by atoms with Crippen LogP contribution in [0.5, 0.6) is 0 Å². The number of carbonyl (C=O) groups is 2. The van der Waals surface area contributed by atoms with Crippen LogP contribution in [0.15, 0.2) is 60.8 Å². The van der Waals surface area contributed by atoms with Crippen molar-refractivity contribution in [3.63, 3.8) is 0 Å². The molecule has 0 aliphatic carbocycles. The summed E-state index contributed by atoms with van der Waals surface area (Å²) in [5, 5.41) is 9.78. The molecule has 10 nitrogen and oxygen atoms in total. The van der Waals surface area contributed by atoms with Crippen LogP contribution in [-0.4, -0.2) is 86.1 Å². The first kappa shape index (κ1) is 60.7. The molecule has 0 aromatic rings. The summed E-state index contributed by atoms with van der Waals surface area (Å²) < 4.78 is 34.3. The van der Waals surface area contributed by atoms with Crippen LogP contribution in [0.4, 0.5) is 0 Å². The number of esters is 2. The lowest BCUT2D eigenvalue weighted by atomic mass is 10.0. The van der Waals surface area contributed by atoms with E-state index in [1.807, 2.05) is 64.5 Å². The first-order valence-electron chi connectivity index (χ1n) is 25.1. The summed E-state index contributed by atoms with van der Waals surface area (Å²) >= 11 is 0. The number of aliphatic hydroxyl groups excluding tert-OH is 1. The van der Waals surface area contributed by atoms with Crippen molar-refractivity contribution in [2.45, 2.75) is 212 Å². The van der Waals surface area contributed by atoms with Gasteiger partial charge in [0, 0.05) is 12.8 Å². The SMILES string of the molecule is CC/C=C\C(O)C/C=C/C=C\C/C=C\C/C=C\CCCC(=O)OC[C@H](COP(=O)(O)OCC[N+](C)(C)C)OC(=O)CCCCCCCCCCCCCCCCCCCCCCC. The molecule has 0 aromatic heterocycles. The maximum atomic E-state index is 12.8. The highest BCUT2D eigenvalue weighted by Crippen LogP contribution is 2.43. The van der Waals surface area contributed by atoms with Crippen LogP contribution in [0, 0.1) is 0 Å². The lowest BCUT2D eigenvalue weighted by Crippen LogP contribution is -2.37. The van der Waals surface area contributed by atoms with Crippen LogP contribution in [0.3, 0.4) is 0 Å². The molecule has 0 saturated heterocycles. The van der Waals surface area contributed by atoms with E-state index >= 15 is 0 Å². The van der Waals surface area contributed by atoms with Gasteiger partial charge in [-0.1, -0.05) is 203 Å². The van der Waals surface area contributed by atoms with E-state index < -0.39 is 38.6 Å². The first-order chi connectivity index (χ1) is 30.4. The highest BCUT2D eigenvalue weighted by molar-refractivity contribution is 7.47. The third-order valence-electron chi connectivity index (χ3n) is 10.6. The number of likely N-dealkylation sites (N-methyl/N-ethyl adjacent to an activating group) is 1. The number of unbranched alkanes of at least 4 members (excludes halogenated alkanes) is 21. The van der Waals surface area contributed by atoms with E-state index in [-0.39, 0.29) is 26.1 Å². The Morgan fingerprint density at radius 3 is 1.62 bits per heavy atom. The summed E-state index contributed by atoms with van der Waals surface area (Å²) in [7, 11) is 1.42. The topological polar surface area (TPSA) is 129 Å². The number of ether oxygens (including phenoxy) is 2. The van der Waals surface area contributed by atoms with Crippen molar-refractivity contribution in [1.82, 2.24) is 0 Å². The minimum absolute atomic E-state index is 0.0148. The third-order valence-corrected chi connectivity index (χ3v) is 11.6. The van der Waals surface area contributed by atoms with E-state index in [1.165, 1.54) is 109 Å². The van der Waals surface area contributed by atoms with Gasteiger partial charge in [0.25, 0.3) is 0 Å². The number of quaternary nitrogens is 1. The van der Waals surface area contributed by atoms with Crippen LogP contribution < -0.4 is 0 Å². The molecule has 11 heteroatoms. The van der Waals surface area contributed by atoms with Crippen molar-refractivity contribution in [1.29, 1.82) is 0 Å². The Kier molecular flexibility index (Phi) is 41.9. The molecule has 366 valence electrons. The molecule has 63 heavy (non-hydrogen) atoms. The van der Waals surface area contributed by atoms with Gasteiger partial charge in [-0.3, -0.25) is 18.6 Å². The molecule has 0 radical (unpaired) electrons. The number of carbonyl (C=O) groups excluding carboxylic acids is 2. The summed E-state index contributed by atoms with van der Waals surface area (Å²) in [5.41, 5.74) is 0. The second kappa shape index (κ2) is 43.6. The second-order valence-electron chi connectivity index (χ2n) is 18.0. The van der Waals surface area contributed by atoms with Gasteiger partial charge in [-0.05, 0) is 44.9 Å². The van der Waals surface area contributed by atoms with Gasteiger partial charge < -0.3 is 24.0 Å². The molecule has 0 fully saturated rings. The maximum Gasteiger partial charge on any atom is 0.472 e. The number of hydrogen-bond acceptors (Lipinski definition) is 8. The fourth-order valence-corrected chi connectivity index (χ4v) is 7.46. The number of nitrogens with zero attached hydrogens (tertiary/aromatic N) is 1. The number of aliphatic hydroxyl groups is 1.